The number of rotatable bonds is 4. The van der Waals surface area contributed by atoms with Crippen molar-refractivity contribution < 1.29 is 32.0 Å². The van der Waals surface area contributed by atoms with E-state index in [1.807, 2.05) is 27.7 Å². The summed E-state index contributed by atoms with van der Waals surface area (Å²) in [5.41, 5.74) is 0.0690. The molecule has 128 valence electrons. The third kappa shape index (κ3) is 3.99. The van der Waals surface area contributed by atoms with E-state index in [2.05, 4.69) is 4.74 Å². The first-order chi connectivity index (χ1) is 10.5. The van der Waals surface area contributed by atoms with Crippen molar-refractivity contribution in [1.29, 1.82) is 0 Å². The van der Waals surface area contributed by atoms with Crippen LogP contribution in [0.3, 0.4) is 0 Å². The van der Waals surface area contributed by atoms with Gasteiger partial charge in [-0.1, -0.05) is 6.07 Å². The molecule has 0 amide bonds. The minimum Gasteiger partial charge on any atom is -0.406 e. The molecule has 1 fully saturated rings. The zero-order valence-corrected chi connectivity index (χ0v) is 13.8. The summed E-state index contributed by atoms with van der Waals surface area (Å²) in [4.78, 5) is 0. The van der Waals surface area contributed by atoms with Crippen molar-refractivity contribution in [2.45, 2.75) is 51.9 Å². The average Bonchev–Trinajstić information content (AvgIpc) is 2.56. The molecule has 1 aliphatic heterocycles. The van der Waals surface area contributed by atoms with Crippen LogP contribution in [-0.4, -0.2) is 31.8 Å². The van der Waals surface area contributed by atoms with E-state index in [-0.39, 0.29) is 12.4 Å². The Morgan fingerprint density at radius 3 is 2.13 bits per heavy atom. The van der Waals surface area contributed by atoms with Crippen molar-refractivity contribution in [1.82, 2.24) is 0 Å². The molecular formula is C15H20BF3O4. The summed E-state index contributed by atoms with van der Waals surface area (Å²) in [7, 11) is 0.788. The Balaban J connectivity index is 2.32. The summed E-state index contributed by atoms with van der Waals surface area (Å²) in [6.07, 6.45) is -4.74. The van der Waals surface area contributed by atoms with Gasteiger partial charge in [-0.05, 0) is 50.9 Å². The Morgan fingerprint density at radius 2 is 1.65 bits per heavy atom. The van der Waals surface area contributed by atoms with E-state index < -0.39 is 24.7 Å². The van der Waals surface area contributed by atoms with Crippen LogP contribution in [0.4, 0.5) is 13.2 Å². The van der Waals surface area contributed by atoms with E-state index in [0.29, 0.717) is 11.0 Å². The Hall–Kier alpha value is -1.25. The highest BCUT2D eigenvalue weighted by atomic mass is 19.4. The van der Waals surface area contributed by atoms with Gasteiger partial charge in [-0.3, -0.25) is 0 Å². The maximum absolute atomic E-state index is 12.4. The molecule has 4 nitrogen and oxygen atoms in total. The molecule has 1 aliphatic rings. The molecule has 0 aliphatic carbocycles. The highest BCUT2D eigenvalue weighted by Crippen LogP contribution is 2.37. The molecule has 0 radical (unpaired) electrons. The van der Waals surface area contributed by atoms with Gasteiger partial charge >= 0.3 is 13.5 Å². The molecule has 1 aromatic carbocycles. The van der Waals surface area contributed by atoms with Crippen LogP contribution >= 0.6 is 0 Å². The Kier molecular flexibility index (Phi) is 4.72. The van der Waals surface area contributed by atoms with E-state index in [0.717, 1.165) is 0 Å². The summed E-state index contributed by atoms with van der Waals surface area (Å²) in [5.74, 6) is -0.301. The third-order valence-corrected chi connectivity index (χ3v) is 4.16. The van der Waals surface area contributed by atoms with Crippen molar-refractivity contribution in [2.75, 3.05) is 7.11 Å². The molecule has 0 bridgehead atoms. The highest BCUT2D eigenvalue weighted by molar-refractivity contribution is 6.62. The fraction of sp³-hybridized carbons (Fsp3) is 0.600. The summed E-state index contributed by atoms with van der Waals surface area (Å²) in [5, 5.41) is 0. The van der Waals surface area contributed by atoms with Gasteiger partial charge in [-0.25, -0.2) is 0 Å². The number of alkyl halides is 3. The van der Waals surface area contributed by atoms with E-state index in [4.69, 9.17) is 14.0 Å². The van der Waals surface area contributed by atoms with Crippen molar-refractivity contribution >= 4 is 12.6 Å². The van der Waals surface area contributed by atoms with E-state index in [9.17, 15) is 13.2 Å². The predicted octanol–water partition coefficient (Wildman–Crippen LogP) is 3.03. The second kappa shape index (κ2) is 6.00. The lowest BCUT2D eigenvalue weighted by Crippen LogP contribution is -2.41. The summed E-state index contributed by atoms with van der Waals surface area (Å²) >= 11 is 0. The normalized spacial score (nSPS) is 19.9. The van der Waals surface area contributed by atoms with E-state index in [1.54, 1.807) is 0 Å². The molecule has 23 heavy (non-hydrogen) atoms. The zero-order chi connectivity index (χ0) is 17.5. The Morgan fingerprint density at radius 1 is 1.09 bits per heavy atom. The lowest BCUT2D eigenvalue weighted by Gasteiger charge is -2.32. The molecule has 1 heterocycles. The minimum absolute atomic E-state index is 0.120. The highest BCUT2D eigenvalue weighted by Gasteiger charge is 2.52. The van der Waals surface area contributed by atoms with Gasteiger partial charge < -0.3 is 18.8 Å². The van der Waals surface area contributed by atoms with Crippen LogP contribution in [0.1, 0.15) is 33.3 Å². The number of hydrogen-bond acceptors (Lipinski definition) is 4. The van der Waals surface area contributed by atoms with Crippen LogP contribution < -0.4 is 10.2 Å². The first-order valence-corrected chi connectivity index (χ1v) is 7.18. The number of methoxy groups -OCH3 is 1. The molecule has 0 spiro atoms. The molecule has 0 unspecified atom stereocenters. The topological polar surface area (TPSA) is 36.9 Å². The number of hydrogen-bond donors (Lipinski definition) is 0. The first-order valence-electron chi connectivity index (χ1n) is 7.18. The predicted molar refractivity (Wildman–Crippen MR) is 79.6 cm³/mol. The molecule has 0 atom stereocenters. The number of ether oxygens (including phenoxy) is 2. The van der Waals surface area contributed by atoms with E-state index in [1.165, 1.54) is 25.3 Å². The molecule has 1 saturated heterocycles. The smallest absolute Gasteiger partial charge is 0.406 e. The van der Waals surface area contributed by atoms with Crippen LogP contribution in [0.5, 0.6) is 5.75 Å². The van der Waals surface area contributed by atoms with Crippen LogP contribution in [0.15, 0.2) is 18.2 Å². The Bertz CT molecular complexity index is 556. The van der Waals surface area contributed by atoms with Crippen molar-refractivity contribution in [3.05, 3.63) is 23.8 Å². The van der Waals surface area contributed by atoms with E-state index >= 15 is 0 Å². The standard InChI is InChI=1S/C15H20BF3O4/c1-13(2)14(3,4)23-16(22-13)12-7-6-11(21-15(17,18)19)8-10(12)9-20-5/h6-8H,9H2,1-5H3. The van der Waals surface area contributed by atoms with Gasteiger partial charge in [0.1, 0.15) is 5.75 Å². The SMILES string of the molecule is COCc1cc(OC(F)(F)F)ccc1B1OC(C)(C)C(C)(C)O1. The third-order valence-electron chi connectivity index (χ3n) is 4.16. The molecule has 1 aromatic rings. The van der Waals surface area contributed by atoms with Gasteiger partial charge in [0.15, 0.2) is 0 Å². The van der Waals surface area contributed by atoms with Crippen LogP contribution in [0.25, 0.3) is 0 Å². The number of benzene rings is 1. The van der Waals surface area contributed by atoms with Crippen LogP contribution in [0, 0.1) is 0 Å². The molecule has 0 aromatic heterocycles. The van der Waals surface area contributed by atoms with Gasteiger partial charge in [0.05, 0.1) is 17.8 Å². The maximum atomic E-state index is 12.4. The second-order valence-corrected chi connectivity index (χ2v) is 6.43. The quantitative estimate of drug-likeness (QED) is 0.795. The molecule has 2 rings (SSSR count). The van der Waals surface area contributed by atoms with Gasteiger partial charge in [0.2, 0.25) is 0 Å². The molecule has 8 heteroatoms. The van der Waals surface area contributed by atoms with Gasteiger partial charge in [0, 0.05) is 7.11 Å². The first kappa shape index (κ1) is 18.1. The fourth-order valence-corrected chi connectivity index (χ4v) is 2.26. The van der Waals surface area contributed by atoms with Crippen molar-refractivity contribution in [2.24, 2.45) is 0 Å². The zero-order valence-electron chi connectivity index (χ0n) is 13.8. The van der Waals surface area contributed by atoms with Crippen molar-refractivity contribution in [3.63, 3.8) is 0 Å². The van der Waals surface area contributed by atoms with Gasteiger partial charge in [0.25, 0.3) is 0 Å². The lowest BCUT2D eigenvalue weighted by atomic mass is 9.76. The fourth-order valence-electron chi connectivity index (χ4n) is 2.26. The monoisotopic (exact) mass is 332 g/mol. The van der Waals surface area contributed by atoms with Crippen molar-refractivity contribution in [3.8, 4) is 5.75 Å². The second-order valence-electron chi connectivity index (χ2n) is 6.43. The van der Waals surface area contributed by atoms with Crippen LogP contribution in [0.2, 0.25) is 0 Å². The largest absolute Gasteiger partial charge is 0.573 e. The minimum atomic E-state index is -4.74. The Labute approximate surface area is 134 Å². The average molecular weight is 332 g/mol. The summed E-state index contributed by atoms with van der Waals surface area (Å²) < 4.78 is 58.0. The maximum Gasteiger partial charge on any atom is 0.573 e. The van der Waals surface area contributed by atoms with Gasteiger partial charge in [-0.2, -0.15) is 0 Å². The summed E-state index contributed by atoms with van der Waals surface area (Å²) in [6, 6.07) is 4.04. The van der Waals surface area contributed by atoms with Gasteiger partial charge in [-0.15, -0.1) is 13.2 Å². The van der Waals surface area contributed by atoms with Crippen LogP contribution in [-0.2, 0) is 20.7 Å². The molecular weight excluding hydrogens is 312 g/mol. The molecule has 0 saturated carbocycles. The summed E-state index contributed by atoms with van der Waals surface area (Å²) in [6.45, 7) is 7.75. The number of halogens is 3. The molecule has 0 N–H and O–H groups in total. The lowest BCUT2D eigenvalue weighted by molar-refractivity contribution is -0.274.